The Morgan fingerprint density at radius 3 is 0.706 bits per heavy atom. The zero-order valence-electron chi connectivity index (χ0n) is 77.9. The van der Waals surface area contributed by atoms with Crippen molar-refractivity contribution in [2.75, 3.05) is 9.80 Å². The van der Waals surface area contributed by atoms with E-state index in [0.29, 0.717) is 0 Å². The number of rotatable bonds is 17. The average molecular weight is 1830 g/mol. The average Bonchev–Trinajstić information content (AvgIpc) is 1.60. The molecule has 0 aliphatic rings. The van der Waals surface area contributed by atoms with Crippen molar-refractivity contribution in [2.24, 2.45) is 0 Å². The quantitative estimate of drug-likeness (QED) is 0.0912. The van der Waals surface area contributed by atoms with Gasteiger partial charge in [0.15, 0.2) is 0 Å². The van der Waals surface area contributed by atoms with Crippen LogP contribution in [0.4, 0.5) is 34.1 Å². The van der Waals surface area contributed by atoms with Crippen molar-refractivity contribution in [1.82, 2.24) is 13.7 Å². The first-order chi connectivity index (χ1) is 70.9. The van der Waals surface area contributed by atoms with Gasteiger partial charge in [-0.15, -0.1) is 0 Å². The van der Waals surface area contributed by atoms with E-state index in [4.69, 9.17) is 8.83 Å². The molecule has 143 heavy (non-hydrogen) atoms. The van der Waals surface area contributed by atoms with E-state index in [0.717, 1.165) is 151 Å². The molecular weight excluding hydrogens is 1740 g/mol. The summed E-state index contributed by atoms with van der Waals surface area (Å²) in [4.78, 5) is 4.71. The molecule has 670 valence electrons. The van der Waals surface area contributed by atoms with Crippen LogP contribution in [0.3, 0.4) is 0 Å². The van der Waals surface area contributed by atoms with Crippen molar-refractivity contribution in [3.05, 3.63) is 540 Å². The second-order valence-electron chi connectivity index (χ2n) is 37.0. The predicted octanol–water partition coefficient (Wildman–Crippen LogP) is 37.9. The maximum absolute atomic E-state index is 6.30. The minimum atomic E-state index is 0.892. The van der Waals surface area contributed by atoms with E-state index < -0.39 is 0 Å². The fraction of sp³-hybridized carbons (Fsp3) is 0. The van der Waals surface area contributed by atoms with Gasteiger partial charge in [-0.25, -0.2) is 0 Å². The third-order valence-electron chi connectivity index (χ3n) is 28.7. The Morgan fingerprint density at radius 1 is 0.140 bits per heavy atom. The molecule has 5 heterocycles. The van der Waals surface area contributed by atoms with Crippen LogP contribution in [0.25, 0.3) is 226 Å². The summed E-state index contributed by atoms with van der Waals surface area (Å²) in [5.74, 6) is 0. The van der Waals surface area contributed by atoms with Crippen LogP contribution in [-0.2, 0) is 0 Å². The van der Waals surface area contributed by atoms with Crippen molar-refractivity contribution < 1.29 is 8.83 Å². The molecule has 28 aromatic rings. The van der Waals surface area contributed by atoms with Crippen LogP contribution in [0.15, 0.2) is 549 Å². The molecule has 0 saturated heterocycles. The Balaban J connectivity index is 0.000000144. The molecule has 0 radical (unpaired) electrons. The lowest BCUT2D eigenvalue weighted by Crippen LogP contribution is -2.09. The summed E-state index contributed by atoms with van der Waals surface area (Å²) in [6.07, 6.45) is 0. The van der Waals surface area contributed by atoms with E-state index in [2.05, 4.69) is 539 Å². The van der Waals surface area contributed by atoms with Gasteiger partial charge in [0.05, 0.1) is 33.1 Å². The first-order valence-electron chi connectivity index (χ1n) is 48.9. The van der Waals surface area contributed by atoms with E-state index in [1.807, 2.05) is 24.3 Å². The first-order valence-corrected chi connectivity index (χ1v) is 48.9. The highest BCUT2D eigenvalue weighted by Gasteiger charge is 2.24. The van der Waals surface area contributed by atoms with Crippen LogP contribution in [0.1, 0.15) is 0 Å². The van der Waals surface area contributed by atoms with Crippen molar-refractivity contribution in [3.8, 4) is 106 Å². The van der Waals surface area contributed by atoms with Crippen molar-refractivity contribution in [3.63, 3.8) is 0 Å². The van der Waals surface area contributed by atoms with Crippen molar-refractivity contribution in [1.29, 1.82) is 0 Å². The smallest absolute Gasteiger partial charge is 0.136 e. The number of furan rings is 2. The molecule has 0 unspecified atom stereocenters. The highest BCUT2D eigenvalue weighted by Crippen LogP contribution is 2.47. The van der Waals surface area contributed by atoms with Crippen LogP contribution >= 0.6 is 0 Å². The summed E-state index contributed by atoms with van der Waals surface area (Å²) >= 11 is 0. The van der Waals surface area contributed by atoms with E-state index in [-0.39, 0.29) is 0 Å². The highest BCUT2D eigenvalue weighted by atomic mass is 16.3. The number of hydrogen-bond donors (Lipinski definition) is 0. The largest absolute Gasteiger partial charge is 0.456 e. The van der Waals surface area contributed by atoms with Gasteiger partial charge in [0, 0.05) is 105 Å². The van der Waals surface area contributed by atoms with Crippen LogP contribution in [0, 0.1) is 0 Å². The van der Waals surface area contributed by atoms with Gasteiger partial charge < -0.3 is 32.3 Å². The zero-order valence-corrected chi connectivity index (χ0v) is 77.9. The van der Waals surface area contributed by atoms with Crippen molar-refractivity contribution >= 4 is 154 Å². The molecule has 7 nitrogen and oxygen atoms in total. The number of aromatic nitrogens is 3. The van der Waals surface area contributed by atoms with Crippen molar-refractivity contribution in [2.45, 2.75) is 0 Å². The van der Waals surface area contributed by atoms with E-state index in [9.17, 15) is 0 Å². The Morgan fingerprint density at radius 2 is 0.364 bits per heavy atom. The summed E-state index contributed by atoms with van der Waals surface area (Å²) in [7, 11) is 0. The summed E-state index contributed by atoms with van der Waals surface area (Å²) in [5, 5.41) is 14.6. The van der Waals surface area contributed by atoms with Crippen LogP contribution in [0.5, 0.6) is 0 Å². The third kappa shape index (κ3) is 14.8. The van der Waals surface area contributed by atoms with Gasteiger partial charge in [-0.1, -0.05) is 358 Å². The maximum Gasteiger partial charge on any atom is 0.136 e. The van der Waals surface area contributed by atoms with Gasteiger partial charge >= 0.3 is 0 Å². The van der Waals surface area contributed by atoms with E-state index in [1.54, 1.807) is 0 Å². The topological polar surface area (TPSA) is 47.6 Å². The molecular formula is C136H89N5O2. The minimum absolute atomic E-state index is 0.892. The molecule has 0 bridgehead atoms. The molecule has 5 aromatic heterocycles. The molecule has 0 spiro atoms. The molecule has 7 heteroatoms. The summed E-state index contributed by atoms with van der Waals surface area (Å²) in [6.45, 7) is 0. The number of para-hydroxylation sites is 8. The van der Waals surface area contributed by atoms with Gasteiger partial charge in [-0.05, 0) is 282 Å². The lowest BCUT2D eigenvalue weighted by molar-refractivity contribution is 0.668. The SMILES string of the molecule is c1cc(-c2ccc(N(c3ccc(-c4cccc(-n5c6ccccc6c6ccccc65)c4)cc3)c3ccc(-c4cccc5oc6ccccc6c45)cc3)cc2)cc(-c2cccc(-n3c4ccccc4c4ccccc43)c2)c1.c1cc(-c2ccc(N(c3ccc(-c4cccc(-n5c6ccccc6c6ccccc65)c4)cc3)c3ccc(-c4cccc5oc6ccccc6c45)cc3)cc2)cc(-c2cccc3ccccc23)c1. The molecule has 28 rings (SSSR count). The Hall–Kier alpha value is -19.1. The molecule has 0 atom stereocenters. The number of benzene rings is 23. The van der Waals surface area contributed by atoms with E-state index in [1.165, 1.54) is 110 Å². The molecule has 0 saturated carbocycles. The van der Waals surface area contributed by atoms with Gasteiger partial charge in [0.25, 0.3) is 0 Å². The monoisotopic (exact) mass is 1820 g/mol. The summed E-state index contributed by atoms with van der Waals surface area (Å²) in [5.41, 5.74) is 39.3. The third-order valence-corrected chi connectivity index (χ3v) is 28.7. The van der Waals surface area contributed by atoms with Gasteiger partial charge in [0.2, 0.25) is 0 Å². The number of nitrogens with zero attached hydrogens (tertiary/aromatic N) is 5. The predicted molar refractivity (Wildman–Crippen MR) is 601 cm³/mol. The minimum Gasteiger partial charge on any atom is -0.456 e. The molecule has 0 aliphatic carbocycles. The molecule has 23 aromatic carbocycles. The van der Waals surface area contributed by atoms with E-state index >= 15 is 0 Å². The maximum atomic E-state index is 6.30. The molecule has 0 fully saturated rings. The first kappa shape index (κ1) is 83.3. The molecule has 0 amide bonds. The van der Waals surface area contributed by atoms with Gasteiger partial charge in [0.1, 0.15) is 22.3 Å². The Kier molecular flexibility index (Phi) is 20.5. The van der Waals surface area contributed by atoms with Crippen LogP contribution in [-0.4, -0.2) is 13.7 Å². The van der Waals surface area contributed by atoms with Crippen LogP contribution < -0.4 is 9.80 Å². The van der Waals surface area contributed by atoms with Crippen LogP contribution in [0.2, 0.25) is 0 Å². The number of anilines is 6. The summed E-state index contributed by atoms with van der Waals surface area (Å²) < 4.78 is 19.7. The summed E-state index contributed by atoms with van der Waals surface area (Å²) in [6, 6.07) is 195. The fourth-order valence-electron chi connectivity index (χ4n) is 22.0. The molecule has 0 aliphatic heterocycles. The zero-order chi connectivity index (χ0) is 94.4. The highest BCUT2D eigenvalue weighted by molar-refractivity contribution is 6.16. The fourth-order valence-corrected chi connectivity index (χ4v) is 22.0. The van der Waals surface area contributed by atoms with Gasteiger partial charge in [-0.3, -0.25) is 0 Å². The lowest BCUT2D eigenvalue weighted by Gasteiger charge is -2.26. The number of fused-ring (bicyclic) bond motifs is 16. The Labute approximate surface area is 826 Å². The normalized spacial score (nSPS) is 11.6. The lowest BCUT2D eigenvalue weighted by atomic mass is 9.95. The number of hydrogen-bond acceptors (Lipinski definition) is 4. The Bertz CT molecular complexity index is 9620. The van der Waals surface area contributed by atoms with Gasteiger partial charge in [-0.2, -0.15) is 0 Å². The standard InChI is InChI=1S/C72H47N3O.C64H42N2O/c1-6-27-66-61(21-1)62-22-2-7-28-67(62)74(66)58-19-12-17-53(46-58)49-35-41-56(42-36-49)73(57-43-37-50(38-44-57)60-26-14-32-71-72(60)65-25-5-10-31-70(65)76-71)55-39-33-48(34-40-55)51-15-11-16-52(45-51)54-18-13-20-59(47-54)75-68-29-8-3-23-63(68)64-24-4-9-30-69(64)75;1-2-19-54-45(13-1)14-11-23-55(54)49-17-9-15-47(41-49)43-29-35-50(36-30-43)65(52-39-33-46(34-40-52)56-24-12-28-63-64(56)59-22-5-8-27-62(59)67-63)51-37-31-44(32-38-51)48-16-10-18-53(42-48)66-60-25-6-3-20-57(60)58-21-4-7-26-61(58)66/h1-47H;1-42H. The second-order valence-corrected chi connectivity index (χ2v) is 37.0. The molecule has 0 N–H and O–H groups in total. The second kappa shape index (κ2) is 35.2.